The zero-order chi connectivity index (χ0) is 39.2. The second-order valence-corrected chi connectivity index (χ2v) is 13.1. The Labute approximate surface area is 307 Å². The lowest BCUT2D eigenvalue weighted by molar-refractivity contribution is -0.123. The Morgan fingerprint density at radius 1 is 0.945 bits per heavy atom. The third kappa shape index (κ3) is 7.62. The van der Waals surface area contributed by atoms with E-state index in [4.69, 9.17) is 0 Å². The van der Waals surface area contributed by atoms with E-state index in [9.17, 15) is 35.9 Å². The second kappa shape index (κ2) is 14.2. The van der Waals surface area contributed by atoms with Crippen molar-refractivity contribution in [1.29, 1.82) is 0 Å². The molecule has 0 spiro atoms. The largest absolute Gasteiger partial charge is 0.348 e. The van der Waals surface area contributed by atoms with Crippen molar-refractivity contribution in [3.8, 4) is 23.0 Å². The smallest absolute Gasteiger partial charge is 0.290 e. The number of rotatable bonds is 8. The number of alkyl halides is 6. The number of carbonyl (C=O) groups is 2. The van der Waals surface area contributed by atoms with E-state index in [2.05, 4.69) is 42.5 Å². The zero-order valence-corrected chi connectivity index (χ0v) is 28.5. The van der Waals surface area contributed by atoms with E-state index in [1.807, 2.05) is 0 Å². The highest BCUT2D eigenvalue weighted by molar-refractivity contribution is 5.99. The van der Waals surface area contributed by atoms with E-state index in [0.29, 0.717) is 34.0 Å². The molecule has 0 saturated heterocycles. The summed E-state index contributed by atoms with van der Waals surface area (Å²) in [6.07, 6.45) is -3.96. The molecule has 17 heteroatoms. The van der Waals surface area contributed by atoms with Crippen LogP contribution < -0.4 is 10.6 Å². The van der Waals surface area contributed by atoms with Crippen LogP contribution in [0.4, 0.5) is 35.1 Å². The fourth-order valence-corrected chi connectivity index (χ4v) is 6.67. The Kier molecular flexibility index (Phi) is 9.61. The molecule has 1 aliphatic carbocycles. The molecule has 55 heavy (non-hydrogen) atoms. The maximum atomic E-state index is 15.1. The Bertz CT molecular complexity index is 2400. The number of amides is 2. The van der Waals surface area contributed by atoms with Crippen molar-refractivity contribution in [2.24, 2.45) is 0 Å². The third-order valence-corrected chi connectivity index (χ3v) is 9.11. The first-order valence-corrected chi connectivity index (χ1v) is 16.7. The summed E-state index contributed by atoms with van der Waals surface area (Å²) in [7, 11) is 0. The molecule has 1 atom stereocenters. The summed E-state index contributed by atoms with van der Waals surface area (Å²) in [5.74, 6) is -5.92. The number of carbonyl (C=O) groups excluding carboxylic acids is 2. The molecule has 1 unspecified atom stereocenters. The van der Waals surface area contributed by atoms with Crippen molar-refractivity contribution in [3.05, 3.63) is 129 Å². The Hall–Kier alpha value is -6.18. The van der Waals surface area contributed by atoms with Crippen LogP contribution in [0.3, 0.4) is 0 Å². The van der Waals surface area contributed by atoms with Gasteiger partial charge in [0.2, 0.25) is 11.7 Å². The van der Waals surface area contributed by atoms with Crippen molar-refractivity contribution >= 4 is 11.8 Å². The Morgan fingerprint density at radius 3 is 2.42 bits per heavy atom. The van der Waals surface area contributed by atoms with Gasteiger partial charge in [0.05, 0.1) is 17.3 Å². The van der Waals surface area contributed by atoms with Gasteiger partial charge in [-0.3, -0.25) is 19.3 Å². The lowest BCUT2D eigenvalue weighted by atomic mass is 9.89. The summed E-state index contributed by atoms with van der Waals surface area (Å²) in [6.45, 7) is 0.816. The normalized spacial score (nSPS) is 15.8. The number of aromatic nitrogens is 5. The molecule has 3 aromatic heterocycles. The summed E-state index contributed by atoms with van der Waals surface area (Å²) in [5, 5.41) is 8.60. The number of hydrogen-bond donors (Lipinski definition) is 2. The number of fused-ring (bicyclic) bond motifs is 2. The van der Waals surface area contributed by atoms with Crippen LogP contribution in [0.25, 0.3) is 11.1 Å². The molecule has 4 heterocycles. The predicted molar refractivity (Wildman–Crippen MR) is 179 cm³/mol. The first-order valence-electron chi connectivity index (χ1n) is 16.7. The molecule has 0 saturated carbocycles. The fourth-order valence-electron chi connectivity index (χ4n) is 6.67. The molecular formula is C38H27F8N7O2. The molecule has 282 valence electrons. The van der Waals surface area contributed by atoms with Gasteiger partial charge in [0.1, 0.15) is 29.6 Å². The maximum Gasteiger partial charge on any atom is 0.290 e. The van der Waals surface area contributed by atoms with Crippen LogP contribution in [-0.4, -0.2) is 36.5 Å². The van der Waals surface area contributed by atoms with Gasteiger partial charge in [0.15, 0.2) is 0 Å². The summed E-state index contributed by atoms with van der Waals surface area (Å²) in [6, 6.07) is 9.43. The van der Waals surface area contributed by atoms with Gasteiger partial charge in [0, 0.05) is 60.2 Å². The van der Waals surface area contributed by atoms with Crippen LogP contribution in [0.15, 0.2) is 60.9 Å². The quantitative estimate of drug-likeness (QED) is 0.130. The van der Waals surface area contributed by atoms with Crippen molar-refractivity contribution in [2.45, 2.75) is 63.6 Å². The highest BCUT2D eigenvalue weighted by atomic mass is 19.3. The number of pyridine rings is 1. The topological polar surface area (TPSA) is 115 Å². The minimum Gasteiger partial charge on any atom is -0.348 e. The number of aryl methyl sites for hydroxylation is 1. The molecule has 0 fully saturated rings. The molecule has 7 rings (SSSR count). The van der Waals surface area contributed by atoms with Crippen LogP contribution in [0.1, 0.15) is 86.5 Å². The van der Waals surface area contributed by atoms with Gasteiger partial charge in [-0.25, -0.2) is 36.3 Å². The highest BCUT2D eigenvalue weighted by Crippen LogP contribution is 2.52. The number of hydrogen-bond acceptors (Lipinski definition) is 6. The minimum atomic E-state index is -4.07. The third-order valence-electron chi connectivity index (χ3n) is 9.11. The van der Waals surface area contributed by atoms with E-state index >= 15 is 8.78 Å². The summed E-state index contributed by atoms with van der Waals surface area (Å²) in [5.41, 5.74) is -1.87. The van der Waals surface area contributed by atoms with Crippen LogP contribution in [0.5, 0.6) is 0 Å². The Balaban J connectivity index is 1.34. The van der Waals surface area contributed by atoms with Gasteiger partial charge in [0.25, 0.3) is 24.2 Å². The Morgan fingerprint density at radius 2 is 1.69 bits per heavy atom. The van der Waals surface area contributed by atoms with Crippen molar-refractivity contribution < 1.29 is 44.7 Å². The van der Waals surface area contributed by atoms with Crippen LogP contribution in [0.2, 0.25) is 0 Å². The fraction of sp³-hybridized carbons (Fsp3) is 0.263. The van der Waals surface area contributed by atoms with Crippen molar-refractivity contribution in [1.82, 2.24) is 35.4 Å². The molecule has 9 nitrogen and oxygen atoms in total. The van der Waals surface area contributed by atoms with E-state index in [1.54, 1.807) is 43.5 Å². The number of halogens is 8. The predicted octanol–water partition coefficient (Wildman–Crippen LogP) is 6.98. The monoisotopic (exact) mass is 765 g/mol. The van der Waals surface area contributed by atoms with E-state index in [1.165, 1.54) is 6.20 Å². The van der Waals surface area contributed by atoms with E-state index in [0.717, 1.165) is 12.1 Å². The van der Waals surface area contributed by atoms with Gasteiger partial charge in [-0.05, 0) is 66.3 Å². The van der Waals surface area contributed by atoms with Crippen LogP contribution in [0, 0.1) is 30.4 Å². The molecule has 0 bridgehead atoms. The van der Waals surface area contributed by atoms with Crippen LogP contribution in [-0.2, 0) is 36.1 Å². The summed E-state index contributed by atoms with van der Waals surface area (Å²) < 4.78 is 117. The highest BCUT2D eigenvalue weighted by Gasteiger charge is 2.55. The standard InChI is InChI=1S/C38H27F8N7O2/c1-19-10-20(6-9-47-19)2-5-29-48-17-27(22-3-4-23-16-49-36(55)26(23)14-22)32(51-29)28(13-21-11-24(39)15-25(40)12-21)50-30(54)18-53-34-31(33(52-53)35(41)42)37(43,44)7-8-38(34,45)46/h3-4,6,9-12,14-15,17,28,35H,7-8,13,16,18H2,1H3,(H,49,55)(H,50,54). The summed E-state index contributed by atoms with van der Waals surface area (Å²) >= 11 is 0. The average molecular weight is 766 g/mol. The molecule has 2 aromatic carbocycles. The zero-order valence-electron chi connectivity index (χ0n) is 28.5. The first kappa shape index (κ1) is 37.1. The number of benzene rings is 2. The van der Waals surface area contributed by atoms with E-state index in [-0.39, 0.29) is 46.2 Å². The molecule has 0 radical (unpaired) electrons. The SMILES string of the molecule is Cc1cc(C#Cc2ncc(-c3ccc4c(c3)C(=O)NC4)c(C(Cc3cc(F)cc(F)c3)NC(=O)Cn3nc(C(F)F)c4c3C(F)(F)CCC4(F)F)n2)ccn1. The summed E-state index contributed by atoms with van der Waals surface area (Å²) in [4.78, 5) is 39.4. The molecule has 1 aliphatic heterocycles. The average Bonchev–Trinajstić information content (AvgIpc) is 3.70. The van der Waals surface area contributed by atoms with Gasteiger partial charge in [-0.15, -0.1) is 0 Å². The molecule has 5 aromatic rings. The van der Waals surface area contributed by atoms with Gasteiger partial charge < -0.3 is 10.6 Å². The van der Waals surface area contributed by atoms with Crippen molar-refractivity contribution in [3.63, 3.8) is 0 Å². The lowest BCUT2D eigenvalue weighted by Gasteiger charge is -2.29. The van der Waals surface area contributed by atoms with Crippen molar-refractivity contribution in [2.75, 3.05) is 0 Å². The number of nitrogens with one attached hydrogen (secondary N) is 2. The van der Waals surface area contributed by atoms with Gasteiger partial charge >= 0.3 is 0 Å². The van der Waals surface area contributed by atoms with Gasteiger partial charge in [-0.1, -0.05) is 18.1 Å². The number of nitrogens with zero attached hydrogens (tertiary/aromatic N) is 5. The molecule has 2 aliphatic rings. The van der Waals surface area contributed by atoms with E-state index < -0.39 is 78.2 Å². The first-order chi connectivity index (χ1) is 26.1. The molecular weight excluding hydrogens is 738 g/mol. The molecule has 2 amide bonds. The lowest BCUT2D eigenvalue weighted by Crippen LogP contribution is -2.37. The van der Waals surface area contributed by atoms with Gasteiger partial charge in [-0.2, -0.15) is 13.9 Å². The minimum absolute atomic E-state index is 0.00298. The molecule has 2 N–H and O–H groups in total. The second-order valence-electron chi connectivity index (χ2n) is 13.1. The van der Waals surface area contributed by atoms with Crippen LogP contribution >= 0.6 is 0 Å². The maximum absolute atomic E-state index is 15.1.